The minimum absolute atomic E-state index is 0.261. The Morgan fingerprint density at radius 3 is 2.52 bits per heavy atom. The maximum atomic E-state index is 11.6. The number of nitrogens with one attached hydrogen (secondary N) is 1. The molecule has 0 aliphatic carbocycles. The number of fused-ring (bicyclic) bond motifs is 1. The highest BCUT2D eigenvalue weighted by Gasteiger charge is 2.08. The molecule has 1 N–H and O–H groups in total. The first kappa shape index (κ1) is 20.3. The zero-order valence-corrected chi connectivity index (χ0v) is 17.6. The zero-order valence-electron chi connectivity index (χ0n) is 16.8. The Morgan fingerprint density at radius 2 is 1.77 bits per heavy atom. The lowest BCUT2D eigenvalue weighted by atomic mass is 10.1. The third-order valence-corrected chi connectivity index (χ3v) is 5.61. The summed E-state index contributed by atoms with van der Waals surface area (Å²) in [4.78, 5) is 13.2. The van der Waals surface area contributed by atoms with Gasteiger partial charge >= 0.3 is 0 Å². The van der Waals surface area contributed by atoms with Gasteiger partial charge in [0.2, 0.25) is 5.88 Å². The lowest BCUT2D eigenvalue weighted by molar-refractivity contribution is 0.396. The third-order valence-electron chi connectivity index (χ3n) is 4.48. The van der Waals surface area contributed by atoms with Gasteiger partial charge in [0.1, 0.15) is 11.5 Å². The van der Waals surface area contributed by atoms with Crippen LogP contribution in [0.3, 0.4) is 0 Å². The van der Waals surface area contributed by atoms with Gasteiger partial charge in [0.15, 0.2) is 9.84 Å². The van der Waals surface area contributed by atoms with Crippen molar-refractivity contribution >= 4 is 32.1 Å². The van der Waals surface area contributed by atoms with E-state index in [0.29, 0.717) is 23.0 Å². The monoisotopic (exact) mass is 430 g/mol. The van der Waals surface area contributed by atoms with E-state index in [2.05, 4.69) is 32.1 Å². The van der Waals surface area contributed by atoms with Crippen LogP contribution in [0, 0.1) is 11.8 Å². The molecule has 31 heavy (non-hydrogen) atoms. The molecule has 7 nitrogen and oxygen atoms in total. The number of hydrogen-bond donors (Lipinski definition) is 1. The molecule has 4 rings (SSSR count). The molecule has 0 unspecified atom stereocenters. The Hall–Kier alpha value is -3.96. The SMILES string of the molecule is COc1ncccc1C#Cc1nccc2cnc(Nc3ccc(S(C)(=O)=O)cc3)cc12. The van der Waals surface area contributed by atoms with Crippen molar-refractivity contribution in [3.63, 3.8) is 0 Å². The van der Waals surface area contributed by atoms with Crippen LogP contribution in [-0.2, 0) is 9.84 Å². The van der Waals surface area contributed by atoms with Crippen LogP contribution in [0.5, 0.6) is 5.88 Å². The fourth-order valence-electron chi connectivity index (χ4n) is 2.94. The van der Waals surface area contributed by atoms with Gasteiger partial charge < -0.3 is 10.1 Å². The second-order valence-electron chi connectivity index (χ2n) is 6.68. The van der Waals surface area contributed by atoms with Crippen LogP contribution in [0.15, 0.2) is 72.0 Å². The third kappa shape index (κ3) is 4.63. The Balaban J connectivity index is 1.67. The number of benzene rings is 1. The van der Waals surface area contributed by atoms with E-state index in [1.165, 1.54) is 6.26 Å². The molecular formula is C23H18N4O3S. The van der Waals surface area contributed by atoms with Crippen LogP contribution >= 0.6 is 0 Å². The predicted molar refractivity (Wildman–Crippen MR) is 119 cm³/mol. The molecule has 0 bridgehead atoms. The maximum absolute atomic E-state index is 11.6. The van der Waals surface area contributed by atoms with Crippen molar-refractivity contribution in [3.8, 4) is 17.7 Å². The van der Waals surface area contributed by atoms with Crippen molar-refractivity contribution in [2.24, 2.45) is 0 Å². The van der Waals surface area contributed by atoms with Crippen LogP contribution in [-0.4, -0.2) is 36.7 Å². The molecule has 3 aromatic heterocycles. The van der Waals surface area contributed by atoms with Crippen LogP contribution in [0.2, 0.25) is 0 Å². The van der Waals surface area contributed by atoms with Crippen LogP contribution < -0.4 is 10.1 Å². The molecule has 0 saturated heterocycles. The topological polar surface area (TPSA) is 94.1 Å². The second kappa shape index (κ2) is 8.42. The first-order chi connectivity index (χ1) is 14.9. The van der Waals surface area contributed by atoms with Gasteiger partial charge in [0.05, 0.1) is 17.6 Å². The molecule has 0 radical (unpaired) electrons. The van der Waals surface area contributed by atoms with Gasteiger partial charge in [-0.25, -0.2) is 23.4 Å². The molecule has 0 fully saturated rings. The number of hydrogen-bond acceptors (Lipinski definition) is 7. The van der Waals surface area contributed by atoms with Crippen molar-refractivity contribution in [2.75, 3.05) is 18.7 Å². The van der Waals surface area contributed by atoms with Gasteiger partial charge in [-0.2, -0.15) is 0 Å². The minimum Gasteiger partial charge on any atom is -0.480 e. The number of aromatic nitrogens is 3. The molecule has 0 aliphatic heterocycles. The van der Waals surface area contributed by atoms with E-state index >= 15 is 0 Å². The highest BCUT2D eigenvalue weighted by molar-refractivity contribution is 7.90. The molecular weight excluding hydrogens is 412 g/mol. The molecule has 0 atom stereocenters. The summed E-state index contributed by atoms with van der Waals surface area (Å²) in [6, 6.07) is 13.8. The van der Waals surface area contributed by atoms with Gasteiger partial charge in [-0.1, -0.05) is 5.92 Å². The number of pyridine rings is 3. The van der Waals surface area contributed by atoms with Crippen molar-refractivity contribution < 1.29 is 13.2 Å². The number of methoxy groups -OCH3 is 1. The summed E-state index contributed by atoms with van der Waals surface area (Å²) in [6.07, 6.45) is 6.24. The average Bonchev–Trinajstić information content (AvgIpc) is 2.77. The van der Waals surface area contributed by atoms with Crippen molar-refractivity contribution in [2.45, 2.75) is 4.90 Å². The molecule has 1 aromatic carbocycles. The summed E-state index contributed by atoms with van der Waals surface area (Å²) in [5.74, 6) is 7.20. The molecule has 8 heteroatoms. The lowest BCUT2D eigenvalue weighted by Crippen LogP contribution is -1.98. The van der Waals surface area contributed by atoms with Crippen LogP contribution in [0.1, 0.15) is 11.3 Å². The second-order valence-corrected chi connectivity index (χ2v) is 8.70. The number of ether oxygens (including phenoxy) is 1. The van der Waals surface area contributed by atoms with E-state index < -0.39 is 9.84 Å². The minimum atomic E-state index is -3.24. The Morgan fingerprint density at radius 1 is 0.968 bits per heavy atom. The van der Waals surface area contributed by atoms with Gasteiger partial charge in [-0.05, 0) is 54.5 Å². The standard InChI is InChI=1S/C23H18N4O3S/c1-30-23-16(4-3-12-25-23)5-10-21-20-14-22(26-15-17(20)11-13-24-21)27-18-6-8-19(9-7-18)31(2,28)29/h3-4,6-9,11-15H,1-2H3,(H,26,27). The van der Waals surface area contributed by atoms with Crippen molar-refractivity contribution in [1.29, 1.82) is 0 Å². The summed E-state index contributed by atoms with van der Waals surface area (Å²) in [5.41, 5.74) is 1.99. The fraction of sp³-hybridized carbons (Fsp3) is 0.0870. The fourth-order valence-corrected chi connectivity index (χ4v) is 3.57. The molecule has 0 spiro atoms. The zero-order chi connectivity index (χ0) is 21.8. The Labute approximate surface area is 180 Å². The summed E-state index contributed by atoms with van der Waals surface area (Å²) < 4.78 is 28.5. The molecule has 3 heterocycles. The van der Waals surface area contributed by atoms with Crippen molar-refractivity contribution in [3.05, 3.63) is 78.4 Å². The van der Waals surface area contributed by atoms with E-state index in [0.717, 1.165) is 16.5 Å². The number of anilines is 2. The first-order valence-electron chi connectivity index (χ1n) is 9.27. The van der Waals surface area contributed by atoms with E-state index in [9.17, 15) is 8.42 Å². The van der Waals surface area contributed by atoms with E-state index in [1.807, 2.05) is 18.2 Å². The van der Waals surface area contributed by atoms with Gasteiger partial charge in [0, 0.05) is 41.3 Å². The number of rotatable bonds is 4. The summed E-state index contributed by atoms with van der Waals surface area (Å²) >= 11 is 0. The summed E-state index contributed by atoms with van der Waals surface area (Å²) in [5, 5.41) is 4.92. The highest BCUT2D eigenvalue weighted by Crippen LogP contribution is 2.23. The van der Waals surface area contributed by atoms with E-state index in [1.54, 1.807) is 56.0 Å². The molecule has 0 aliphatic rings. The lowest BCUT2D eigenvalue weighted by Gasteiger charge is -2.08. The van der Waals surface area contributed by atoms with Gasteiger partial charge in [-0.15, -0.1) is 0 Å². The smallest absolute Gasteiger partial charge is 0.229 e. The average molecular weight is 430 g/mol. The summed E-state index contributed by atoms with van der Waals surface area (Å²) in [7, 11) is -1.69. The van der Waals surface area contributed by atoms with E-state index in [-0.39, 0.29) is 4.90 Å². The molecule has 4 aromatic rings. The van der Waals surface area contributed by atoms with Gasteiger partial charge in [0.25, 0.3) is 0 Å². The highest BCUT2D eigenvalue weighted by atomic mass is 32.2. The maximum Gasteiger partial charge on any atom is 0.229 e. The molecule has 154 valence electrons. The normalized spacial score (nSPS) is 10.9. The molecule has 0 amide bonds. The first-order valence-corrected chi connectivity index (χ1v) is 11.2. The Bertz CT molecular complexity index is 1420. The number of nitrogens with zero attached hydrogens (tertiary/aromatic N) is 3. The van der Waals surface area contributed by atoms with Crippen LogP contribution in [0.25, 0.3) is 10.8 Å². The van der Waals surface area contributed by atoms with Crippen LogP contribution in [0.4, 0.5) is 11.5 Å². The van der Waals surface area contributed by atoms with Gasteiger partial charge in [-0.3, -0.25) is 0 Å². The molecule has 0 saturated carbocycles. The number of sulfone groups is 1. The largest absolute Gasteiger partial charge is 0.480 e. The quantitative estimate of drug-likeness (QED) is 0.495. The Kier molecular flexibility index (Phi) is 5.52. The summed E-state index contributed by atoms with van der Waals surface area (Å²) in [6.45, 7) is 0. The predicted octanol–water partition coefficient (Wildman–Crippen LogP) is 3.58. The van der Waals surface area contributed by atoms with Crippen molar-refractivity contribution in [1.82, 2.24) is 15.0 Å². The van der Waals surface area contributed by atoms with E-state index in [4.69, 9.17) is 4.74 Å².